The molecule has 0 saturated heterocycles. The molecule has 0 aliphatic heterocycles. The maximum absolute atomic E-state index is 11.6. The highest BCUT2D eigenvalue weighted by Crippen LogP contribution is 2.31. The van der Waals surface area contributed by atoms with Crippen LogP contribution in [0.25, 0.3) is 0 Å². The lowest BCUT2D eigenvalue weighted by molar-refractivity contribution is 0.112. The van der Waals surface area contributed by atoms with Crippen molar-refractivity contribution in [2.75, 3.05) is 0 Å². The van der Waals surface area contributed by atoms with E-state index in [2.05, 4.69) is 11.4 Å². The number of alkyl carbamates (subject to hydrolysis) is 1. The van der Waals surface area contributed by atoms with Crippen LogP contribution in [0.4, 0.5) is 4.79 Å². The third-order valence-electron chi connectivity index (χ3n) is 2.98. The highest BCUT2D eigenvalue weighted by Gasteiger charge is 2.24. The van der Waals surface area contributed by atoms with Crippen molar-refractivity contribution in [1.82, 2.24) is 5.32 Å². The van der Waals surface area contributed by atoms with Gasteiger partial charge < -0.3 is 10.1 Å². The van der Waals surface area contributed by atoms with Crippen LogP contribution < -0.4 is 5.32 Å². The van der Waals surface area contributed by atoms with Gasteiger partial charge in [0, 0.05) is 0 Å². The quantitative estimate of drug-likeness (QED) is 0.870. The Balaban J connectivity index is 2.08. The van der Waals surface area contributed by atoms with Crippen molar-refractivity contribution >= 4 is 6.09 Å². The second kappa shape index (κ2) is 5.09. The predicted octanol–water partition coefficient (Wildman–Crippen LogP) is 2.68. The summed E-state index contributed by atoms with van der Waals surface area (Å²) < 4.78 is 5.07. The van der Waals surface area contributed by atoms with Gasteiger partial charge in [-0.05, 0) is 49.9 Å². The van der Waals surface area contributed by atoms with Gasteiger partial charge in [0.25, 0.3) is 0 Å². The van der Waals surface area contributed by atoms with Crippen LogP contribution >= 0.6 is 0 Å². The molecular formula is C14H16N2O2. The number of ether oxygens (including phenoxy) is 1. The van der Waals surface area contributed by atoms with Crippen LogP contribution in [0.3, 0.4) is 0 Å². The Morgan fingerprint density at radius 2 is 2.33 bits per heavy atom. The molecule has 0 unspecified atom stereocenters. The maximum atomic E-state index is 11.6. The third kappa shape index (κ3) is 2.62. The normalized spacial score (nSPS) is 17.1. The summed E-state index contributed by atoms with van der Waals surface area (Å²) in [7, 11) is 0. The number of aryl methyl sites for hydroxylation is 1. The summed E-state index contributed by atoms with van der Waals surface area (Å²) >= 11 is 0. The Kier molecular flexibility index (Phi) is 3.52. The minimum atomic E-state index is -0.382. The summed E-state index contributed by atoms with van der Waals surface area (Å²) in [6.45, 7) is 3.64. The Labute approximate surface area is 107 Å². The second-order valence-corrected chi connectivity index (χ2v) is 4.72. The van der Waals surface area contributed by atoms with Gasteiger partial charge in [-0.2, -0.15) is 5.26 Å². The zero-order valence-corrected chi connectivity index (χ0v) is 10.6. The summed E-state index contributed by atoms with van der Waals surface area (Å²) in [4.78, 5) is 11.6. The molecule has 1 amide bonds. The Hall–Kier alpha value is -2.02. The standard InChI is InChI=1S/C14H16N2O2/c1-9(2)18-14(17)16-13-6-4-11-7-10(8-15)3-5-12(11)13/h3,5,7,9,13H,4,6H2,1-2H3,(H,16,17)/t13-/m0/s1. The lowest BCUT2D eigenvalue weighted by atomic mass is 10.1. The number of nitrogens with one attached hydrogen (secondary N) is 1. The fourth-order valence-corrected chi connectivity index (χ4v) is 2.23. The molecule has 1 aromatic carbocycles. The molecule has 1 atom stereocenters. The average Bonchev–Trinajstić information content (AvgIpc) is 2.70. The smallest absolute Gasteiger partial charge is 0.407 e. The van der Waals surface area contributed by atoms with Gasteiger partial charge in [0.1, 0.15) is 0 Å². The van der Waals surface area contributed by atoms with Crippen LogP contribution in [0, 0.1) is 11.3 Å². The molecule has 2 rings (SSSR count). The highest BCUT2D eigenvalue weighted by atomic mass is 16.6. The van der Waals surface area contributed by atoms with E-state index in [-0.39, 0.29) is 18.2 Å². The van der Waals surface area contributed by atoms with E-state index in [1.165, 1.54) is 0 Å². The molecule has 0 bridgehead atoms. The fraction of sp³-hybridized carbons (Fsp3) is 0.429. The van der Waals surface area contributed by atoms with E-state index in [0.717, 1.165) is 24.0 Å². The van der Waals surface area contributed by atoms with Gasteiger partial charge in [0.15, 0.2) is 0 Å². The first-order valence-electron chi connectivity index (χ1n) is 6.10. The SMILES string of the molecule is CC(C)OC(=O)N[C@H]1CCc2cc(C#N)ccc21. The number of carbonyl (C=O) groups is 1. The summed E-state index contributed by atoms with van der Waals surface area (Å²) in [5.41, 5.74) is 2.90. The van der Waals surface area contributed by atoms with Crippen molar-refractivity contribution in [2.24, 2.45) is 0 Å². The van der Waals surface area contributed by atoms with Crippen molar-refractivity contribution < 1.29 is 9.53 Å². The first-order valence-corrected chi connectivity index (χ1v) is 6.10. The molecule has 4 nitrogen and oxygen atoms in total. The Bertz CT molecular complexity index is 503. The number of benzene rings is 1. The third-order valence-corrected chi connectivity index (χ3v) is 2.98. The van der Waals surface area contributed by atoms with Crippen LogP contribution in [-0.2, 0) is 11.2 Å². The monoisotopic (exact) mass is 244 g/mol. The van der Waals surface area contributed by atoms with Gasteiger partial charge in [-0.3, -0.25) is 0 Å². The number of amides is 1. The molecule has 0 aromatic heterocycles. The molecule has 1 aromatic rings. The Morgan fingerprint density at radius 1 is 1.56 bits per heavy atom. The minimum Gasteiger partial charge on any atom is -0.447 e. The van der Waals surface area contributed by atoms with Gasteiger partial charge >= 0.3 is 6.09 Å². The van der Waals surface area contributed by atoms with Crippen molar-refractivity contribution in [1.29, 1.82) is 5.26 Å². The molecule has 94 valence electrons. The zero-order chi connectivity index (χ0) is 13.1. The van der Waals surface area contributed by atoms with E-state index < -0.39 is 0 Å². The number of rotatable bonds is 2. The predicted molar refractivity (Wildman–Crippen MR) is 67.0 cm³/mol. The lowest BCUT2D eigenvalue weighted by Crippen LogP contribution is -2.29. The van der Waals surface area contributed by atoms with E-state index in [9.17, 15) is 4.79 Å². The molecule has 1 aliphatic rings. The highest BCUT2D eigenvalue weighted by molar-refractivity contribution is 5.68. The van der Waals surface area contributed by atoms with Gasteiger partial charge in [-0.1, -0.05) is 6.07 Å². The van der Waals surface area contributed by atoms with E-state index in [4.69, 9.17) is 10.00 Å². The molecule has 0 heterocycles. The van der Waals surface area contributed by atoms with Gasteiger partial charge in [0.05, 0.1) is 23.8 Å². The number of hydrogen-bond acceptors (Lipinski definition) is 3. The molecule has 4 heteroatoms. The first kappa shape index (κ1) is 12.4. The van der Waals surface area contributed by atoms with Crippen LogP contribution in [0.5, 0.6) is 0 Å². The lowest BCUT2D eigenvalue weighted by Gasteiger charge is -2.15. The van der Waals surface area contributed by atoms with Crippen molar-refractivity contribution in [3.05, 3.63) is 34.9 Å². The van der Waals surface area contributed by atoms with E-state index in [0.29, 0.717) is 5.56 Å². The topological polar surface area (TPSA) is 62.1 Å². The van der Waals surface area contributed by atoms with Crippen LogP contribution in [0.1, 0.15) is 43.0 Å². The van der Waals surface area contributed by atoms with Crippen molar-refractivity contribution in [2.45, 2.75) is 38.8 Å². The van der Waals surface area contributed by atoms with Crippen LogP contribution in [-0.4, -0.2) is 12.2 Å². The molecule has 1 N–H and O–H groups in total. The fourth-order valence-electron chi connectivity index (χ4n) is 2.23. The number of hydrogen-bond donors (Lipinski definition) is 1. The van der Waals surface area contributed by atoms with Crippen molar-refractivity contribution in [3.63, 3.8) is 0 Å². The second-order valence-electron chi connectivity index (χ2n) is 4.72. The van der Waals surface area contributed by atoms with Crippen molar-refractivity contribution in [3.8, 4) is 6.07 Å². The van der Waals surface area contributed by atoms with Gasteiger partial charge in [-0.15, -0.1) is 0 Å². The molecule has 18 heavy (non-hydrogen) atoms. The van der Waals surface area contributed by atoms with Crippen LogP contribution in [0.2, 0.25) is 0 Å². The maximum Gasteiger partial charge on any atom is 0.407 e. The molecule has 0 fully saturated rings. The number of nitriles is 1. The Morgan fingerprint density at radius 3 is 3.00 bits per heavy atom. The van der Waals surface area contributed by atoms with Crippen LogP contribution in [0.15, 0.2) is 18.2 Å². The first-order chi connectivity index (χ1) is 8.60. The molecular weight excluding hydrogens is 228 g/mol. The minimum absolute atomic E-state index is 0.000933. The van der Waals surface area contributed by atoms with E-state index in [1.54, 1.807) is 6.07 Å². The largest absolute Gasteiger partial charge is 0.447 e. The summed E-state index contributed by atoms with van der Waals surface area (Å²) in [5.74, 6) is 0. The number of nitrogens with zero attached hydrogens (tertiary/aromatic N) is 1. The molecule has 1 aliphatic carbocycles. The van der Waals surface area contributed by atoms with Gasteiger partial charge in [0.2, 0.25) is 0 Å². The zero-order valence-electron chi connectivity index (χ0n) is 10.6. The summed E-state index contributed by atoms with van der Waals surface area (Å²) in [6.07, 6.45) is 1.24. The summed E-state index contributed by atoms with van der Waals surface area (Å²) in [5, 5.41) is 11.7. The average molecular weight is 244 g/mol. The summed E-state index contributed by atoms with van der Waals surface area (Å²) in [6, 6.07) is 7.72. The number of carbonyl (C=O) groups excluding carboxylic acids is 1. The number of fused-ring (bicyclic) bond motifs is 1. The van der Waals surface area contributed by atoms with Gasteiger partial charge in [-0.25, -0.2) is 4.79 Å². The van der Waals surface area contributed by atoms with E-state index >= 15 is 0 Å². The molecule has 0 saturated carbocycles. The molecule has 0 radical (unpaired) electrons. The van der Waals surface area contributed by atoms with E-state index in [1.807, 2.05) is 26.0 Å². The molecule has 0 spiro atoms.